The Morgan fingerprint density at radius 1 is 1.50 bits per heavy atom. The topological polar surface area (TPSA) is 44.4 Å². The first kappa shape index (κ1) is 9.86. The summed E-state index contributed by atoms with van der Waals surface area (Å²) < 4.78 is 0. The van der Waals surface area contributed by atoms with E-state index in [1.807, 2.05) is 0 Å². The van der Waals surface area contributed by atoms with Gasteiger partial charge in [0.1, 0.15) is 5.54 Å². The summed E-state index contributed by atoms with van der Waals surface area (Å²) in [6, 6.07) is 0. The van der Waals surface area contributed by atoms with E-state index in [4.69, 9.17) is 12.2 Å². The van der Waals surface area contributed by atoms with Gasteiger partial charge < -0.3 is 15.5 Å². The second-order valence-electron chi connectivity index (χ2n) is 3.92. The summed E-state index contributed by atoms with van der Waals surface area (Å²) in [6.45, 7) is 5.14. The summed E-state index contributed by atoms with van der Waals surface area (Å²) >= 11 is 4.95. The van der Waals surface area contributed by atoms with E-state index in [0.717, 1.165) is 32.5 Å². The van der Waals surface area contributed by atoms with Crippen molar-refractivity contribution in [2.45, 2.75) is 25.3 Å². The molecule has 0 saturated carbocycles. The molecule has 2 fully saturated rings. The molecule has 2 saturated heterocycles. The quantitative estimate of drug-likeness (QED) is 0.594. The number of amides is 1. The van der Waals surface area contributed by atoms with Crippen molar-refractivity contribution in [3.05, 3.63) is 0 Å². The Bertz CT molecular complexity index is 271. The van der Waals surface area contributed by atoms with Gasteiger partial charge in [-0.2, -0.15) is 0 Å². The maximum atomic E-state index is 11.7. The smallest absolute Gasteiger partial charge is 0.251 e. The zero-order valence-corrected chi connectivity index (χ0v) is 9.12. The maximum Gasteiger partial charge on any atom is 0.251 e. The standard InChI is InChI=1S/C9H15N3OS/c1-2-12-5-3-9(4-6-12)7(13)10-8(14)11-9/h2-6H2,1H3,(H2,10,11,13,14). The number of nitrogens with one attached hydrogen (secondary N) is 2. The fourth-order valence-corrected chi connectivity index (χ4v) is 2.42. The van der Waals surface area contributed by atoms with Crippen LogP contribution in [0.25, 0.3) is 0 Å². The molecule has 0 aromatic carbocycles. The number of likely N-dealkylation sites (tertiary alicyclic amines) is 1. The van der Waals surface area contributed by atoms with Crippen LogP contribution in [-0.4, -0.2) is 41.1 Å². The van der Waals surface area contributed by atoms with Gasteiger partial charge in [-0.1, -0.05) is 6.92 Å². The molecule has 0 unspecified atom stereocenters. The molecule has 1 amide bonds. The van der Waals surface area contributed by atoms with E-state index in [9.17, 15) is 4.79 Å². The van der Waals surface area contributed by atoms with Crippen molar-refractivity contribution in [1.82, 2.24) is 15.5 Å². The molecule has 2 heterocycles. The lowest BCUT2D eigenvalue weighted by atomic mass is 9.88. The highest BCUT2D eigenvalue weighted by molar-refractivity contribution is 7.80. The Kier molecular flexibility index (Phi) is 2.45. The third-order valence-electron chi connectivity index (χ3n) is 3.17. The Morgan fingerprint density at radius 2 is 2.14 bits per heavy atom. The molecule has 0 atom stereocenters. The minimum atomic E-state index is -0.400. The Morgan fingerprint density at radius 3 is 2.57 bits per heavy atom. The van der Waals surface area contributed by atoms with E-state index in [2.05, 4.69) is 22.5 Å². The number of rotatable bonds is 1. The van der Waals surface area contributed by atoms with Crippen molar-refractivity contribution in [2.75, 3.05) is 19.6 Å². The van der Waals surface area contributed by atoms with Crippen LogP contribution in [0.15, 0.2) is 0 Å². The number of carbonyl (C=O) groups excluding carboxylic acids is 1. The highest BCUT2D eigenvalue weighted by Crippen LogP contribution is 2.25. The van der Waals surface area contributed by atoms with Crippen LogP contribution in [0.4, 0.5) is 0 Å². The number of carbonyl (C=O) groups is 1. The number of thiocarbonyl (C=S) groups is 1. The molecule has 14 heavy (non-hydrogen) atoms. The third-order valence-corrected chi connectivity index (χ3v) is 3.38. The van der Waals surface area contributed by atoms with Gasteiger partial charge in [-0.3, -0.25) is 4.79 Å². The van der Waals surface area contributed by atoms with Crippen molar-refractivity contribution < 1.29 is 4.79 Å². The van der Waals surface area contributed by atoms with Gasteiger partial charge in [-0.05, 0) is 31.6 Å². The van der Waals surface area contributed by atoms with E-state index in [1.54, 1.807) is 0 Å². The molecule has 2 aliphatic rings. The second-order valence-corrected chi connectivity index (χ2v) is 4.33. The van der Waals surface area contributed by atoms with E-state index < -0.39 is 5.54 Å². The molecule has 4 nitrogen and oxygen atoms in total. The zero-order chi connectivity index (χ0) is 10.2. The summed E-state index contributed by atoms with van der Waals surface area (Å²) in [5.41, 5.74) is -0.400. The van der Waals surface area contributed by atoms with E-state index in [0.29, 0.717) is 5.11 Å². The third kappa shape index (κ3) is 1.50. The predicted molar refractivity (Wildman–Crippen MR) is 58.0 cm³/mol. The van der Waals surface area contributed by atoms with Gasteiger partial charge in [0.05, 0.1) is 0 Å². The summed E-state index contributed by atoms with van der Waals surface area (Å²) in [4.78, 5) is 14.0. The van der Waals surface area contributed by atoms with Gasteiger partial charge >= 0.3 is 0 Å². The molecule has 0 aliphatic carbocycles. The van der Waals surface area contributed by atoms with Crippen LogP contribution < -0.4 is 10.6 Å². The molecule has 0 radical (unpaired) electrons. The SMILES string of the molecule is CCN1CCC2(CC1)NC(=S)NC2=O. The van der Waals surface area contributed by atoms with E-state index in [1.165, 1.54) is 0 Å². The average Bonchev–Trinajstić information content (AvgIpc) is 2.43. The molecule has 2 N–H and O–H groups in total. The van der Waals surface area contributed by atoms with Crippen molar-refractivity contribution in [3.8, 4) is 0 Å². The maximum absolute atomic E-state index is 11.7. The fraction of sp³-hybridized carbons (Fsp3) is 0.778. The van der Waals surface area contributed by atoms with E-state index in [-0.39, 0.29) is 5.91 Å². The molecule has 0 aromatic rings. The Hall–Kier alpha value is -0.680. The molecular weight excluding hydrogens is 198 g/mol. The molecule has 2 rings (SSSR count). The molecule has 0 bridgehead atoms. The molecule has 0 aromatic heterocycles. The molecule has 5 heteroatoms. The van der Waals surface area contributed by atoms with Crippen LogP contribution in [0.2, 0.25) is 0 Å². The largest absolute Gasteiger partial charge is 0.348 e. The lowest BCUT2D eigenvalue weighted by molar-refractivity contribution is -0.125. The predicted octanol–water partition coefficient (Wildman–Crippen LogP) is -0.155. The Labute approximate surface area is 89.0 Å². The van der Waals surface area contributed by atoms with Gasteiger partial charge in [-0.25, -0.2) is 0 Å². The van der Waals surface area contributed by atoms with E-state index >= 15 is 0 Å². The van der Waals surface area contributed by atoms with Crippen LogP contribution in [0.1, 0.15) is 19.8 Å². The highest BCUT2D eigenvalue weighted by Gasteiger charge is 2.46. The van der Waals surface area contributed by atoms with Crippen molar-refractivity contribution >= 4 is 23.2 Å². The summed E-state index contributed by atoms with van der Waals surface area (Å²) in [5.74, 6) is 0.0539. The first-order valence-corrected chi connectivity index (χ1v) is 5.43. The number of hydrogen-bond acceptors (Lipinski definition) is 3. The first-order chi connectivity index (χ1) is 6.66. The van der Waals surface area contributed by atoms with Crippen LogP contribution >= 0.6 is 12.2 Å². The number of nitrogens with zero attached hydrogens (tertiary/aromatic N) is 1. The molecular formula is C9H15N3OS. The molecule has 78 valence electrons. The van der Waals surface area contributed by atoms with Crippen molar-refractivity contribution in [2.24, 2.45) is 0 Å². The fourth-order valence-electron chi connectivity index (χ4n) is 2.13. The van der Waals surface area contributed by atoms with Gasteiger partial charge in [0.25, 0.3) is 5.91 Å². The normalized spacial score (nSPS) is 26.4. The minimum Gasteiger partial charge on any atom is -0.348 e. The average molecular weight is 213 g/mol. The number of piperidine rings is 1. The first-order valence-electron chi connectivity index (χ1n) is 5.02. The van der Waals surface area contributed by atoms with Gasteiger partial charge in [0, 0.05) is 13.1 Å². The summed E-state index contributed by atoms with van der Waals surface area (Å²) in [5, 5.41) is 6.27. The van der Waals surface area contributed by atoms with Crippen LogP contribution in [-0.2, 0) is 4.79 Å². The van der Waals surface area contributed by atoms with Crippen molar-refractivity contribution in [3.63, 3.8) is 0 Å². The molecule has 1 spiro atoms. The minimum absolute atomic E-state index is 0.0539. The van der Waals surface area contributed by atoms with Crippen molar-refractivity contribution in [1.29, 1.82) is 0 Å². The van der Waals surface area contributed by atoms with Crippen LogP contribution in [0.3, 0.4) is 0 Å². The van der Waals surface area contributed by atoms with Crippen LogP contribution in [0.5, 0.6) is 0 Å². The molecule has 2 aliphatic heterocycles. The lowest BCUT2D eigenvalue weighted by Crippen LogP contribution is -2.54. The second kappa shape index (κ2) is 3.47. The highest BCUT2D eigenvalue weighted by atomic mass is 32.1. The van der Waals surface area contributed by atoms with Gasteiger partial charge in [-0.15, -0.1) is 0 Å². The zero-order valence-electron chi connectivity index (χ0n) is 8.30. The monoisotopic (exact) mass is 213 g/mol. The lowest BCUT2D eigenvalue weighted by Gasteiger charge is -2.36. The van der Waals surface area contributed by atoms with Gasteiger partial charge in [0.2, 0.25) is 0 Å². The summed E-state index contributed by atoms with van der Waals surface area (Å²) in [7, 11) is 0. The Balaban J connectivity index is 2.05. The summed E-state index contributed by atoms with van der Waals surface area (Å²) in [6.07, 6.45) is 1.71. The van der Waals surface area contributed by atoms with Crippen LogP contribution in [0, 0.1) is 0 Å². The van der Waals surface area contributed by atoms with Gasteiger partial charge in [0.15, 0.2) is 5.11 Å². The number of hydrogen-bond donors (Lipinski definition) is 2.